The molecule has 0 radical (unpaired) electrons. The van der Waals surface area contributed by atoms with E-state index in [1.54, 1.807) is 0 Å². The molecule has 1 rings (SSSR count). The second kappa shape index (κ2) is 7.20. The zero-order valence-electron chi connectivity index (χ0n) is 10.2. The molecule has 1 atom stereocenters. The van der Waals surface area contributed by atoms with Crippen LogP contribution in [0.1, 0.15) is 33.1 Å². The van der Waals surface area contributed by atoms with Crippen LogP contribution >= 0.6 is 0 Å². The molecule has 0 saturated carbocycles. The SMILES string of the molecule is CC(C)CN1CCCC(NCCCO)C1. The first-order chi connectivity index (χ1) is 7.22. The lowest BCUT2D eigenvalue weighted by Crippen LogP contribution is -2.47. The van der Waals surface area contributed by atoms with E-state index in [1.807, 2.05) is 0 Å². The van der Waals surface area contributed by atoms with E-state index >= 15 is 0 Å². The molecule has 0 aromatic rings. The molecule has 3 nitrogen and oxygen atoms in total. The molecule has 0 amide bonds. The fourth-order valence-corrected chi connectivity index (χ4v) is 2.29. The van der Waals surface area contributed by atoms with Gasteiger partial charge in [-0.3, -0.25) is 0 Å². The van der Waals surface area contributed by atoms with Crippen molar-refractivity contribution in [1.29, 1.82) is 0 Å². The first-order valence-electron chi connectivity index (χ1n) is 6.29. The van der Waals surface area contributed by atoms with Crippen molar-refractivity contribution in [3.8, 4) is 0 Å². The summed E-state index contributed by atoms with van der Waals surface area (Å²) in [5.41, 5.74) is 0. The van der Waals surface area contributed by atoms with E-state index < -0.39 is 0 Å². The van der Waals surface area contributed by atoms with E-state index in [4.69, 9.17) is 5.11 Å². The van der Waals surface area contributed by atoms with Crippen LogP contribution in [0.25, 0.3) is 0 Å². The van der Waals surface area contributed by atoms with Crippen molar-refractivity contribution in [2.75, 3.05) is 32.8 Å². The number of nitrogens with zero attached hydrogens (tertiary/aromatic N) is 1. The molecule has 90 valence electrons. The van der Waals surface area contributed by atoms with Crippen molar-refractivity contribution in [2.24, 2.45) is 5.92 Å². The third kappa shape index (κ3) is 5.50. The Bertz CT molecular complexity index is 162. The van der Waals surface area contributed by atoms with Gasteiger partial charge in [0.1, 0.15) is 0 Å². The van der Waals surface area contributed by atoms with Gasteiger partial charge in [-0.2, -0.15) is 0 Å². The van der Waals surface area contributed by atoms with Crippen LogP contribution in [0.5, 0.6) is 0 Å². The summed E-state index contributed by atoms with van der Waals surface area (Å²) >= 11 is 0. The normalized spacial score (nSPS) is 23.6. The third-order valence-corrected chi connectivity index (χ3v) is 2.90. The monoisotopic (exact) mass is 214 g/mol. The minimum atomic E-state index is 0.301. The Labute approximate surface area is 93.9 Å². The van der Waals surface area contributed by atoms with E-state index in [0.29, 0.717) is 12.6 Å². The molecule has 0 bridgehead atoms. The highest BCUT2D eigenvalue weighted by Gasteiger charge is 2.19. The van der Waals surface area contributed by atoms with Gasteiger partial charge in [-0.25, -0.2) is 0 Å². The summed E-state index contributed by atoms with van der Waals surface area (Å²) in [6.45, 7) is 9.48. The van der Waals surface area contributed by atoms with Gasteiger partial charge in [0, 0.05) is 25.7 Å². The van der Waals surface area contributed by atoms with E-state index in [1.165, 1.54) is 32.5 Å². The zero-order valence-corrected chi connectivity index (χ0v) is 10.2. The molecule has 1 aliphatic heterocycles. The third-order valence-electron chi connectivity index (χ3n) is 2.90. The standard InChI is InChI=1S/C12H26N2O/c1-11(2)9-14-7-3-5-12(10-14)13-6-4-8-15/h11-13,15H,3-10H2,1-2H3. The number of hydrogen-bond acceptors (Lipinski definition) is 3. The highest BCUT2D eigenvalue weighted by molar-refractivity contribution is 4.78. The molecule has 1 heterocycles. The first kappa shape index (κ1) is 12.9. The Morgan fingerprint density at radius 3 is 2.93 bits per heavy atom. The molecular formula is C12H26N2O. The van der Waals surface area contributed by atoms with Crippen molar-refractivity contribution >= 4 is 0 Å². The lowest BCUT2D eigenvalue weighted by atomic mass is 10.0. The Hall–Kier alpha value is -0.120. The highest BCUT2D eigenvalue weighted by Crippen LogP contribution is 2.11. The number of piperidine rings is 1. The van der Waals surface area contributed by atoms with Gasteiger partial charge in [0.25, 0.3) is 0 Å². The largest absolute Gasteiger partial charge is 0.396 e. The van der Waals surface area contributed by atoms with Gasteiger partial charge >= 0.3 is 0 Å². The summed E-state index contributed by atoms with van der Waals surface area (Å²) in [4.78, 5) is 2.56. The van der Waals surface area contributed by atoms with Crippen LogP contribution in [0.3, 0.4) is 0 Å². The molecule has 1 unspecified atom stereocenters. The van der Waals surface area contributed by atoms with E-state index in [0.717, 1.165) is 18.9 Å². The van der Waals surface area contributed by atoms with Gasteiger partial charge in [-0.1, -0.05) is 13.8 Å². The average molecular weight is 214 g/mol. The highest BCUT2D eigenvalue weighted by atomic mass is 16.3. The fourth-order valence-electron chi connectivity index (χ4n) is 2.29. The molecule has 15 heavy (non-hydrogen) atoms. The molecule has 2 N–H and O–H groups in total. The summed E-state index contributed by atoms with van der Waals surface area (Å²) in [7, 11) is 0. The minimum Gasteiger partial charge on any atom is -0.396 e. The maximum absolute atomic E-state index is 8.72. The molecule has 1 saturated heterocycles. The van der Waals surface area contributed by atoms with Crippen LogP contribution in [-0.4, -0.2) is 48.8 Å². The predicted molar refractivity (Wildman–Crippen MR) is 64.0 cm³/mol. The second-order valence-electron chi connectivity index (χ2n) is 5.02. The molecule has 0 aromatic heterocycles. The number of aliphatic hydroxyl groups is 1. The number of nitrogens with one attached hydrogen (secondary N) is 1. The van der Waals surface area contributed by atoms with Crippen molar-refractivity contribution < 1.29 is 5.11 Å². The maximum atomic E-state index is 8.72. The topological polar surface area (TPSA) is 35.5 Å². The molecule has 0 aromatic carbocycles. The Kier molecular flexibility index (Phi) is 6.22. The van der Waals surface area contributed by atoms with Gasteiger partial charge < -0.3 is 15.3 Å². The molecule has 1 fully saturated rings. The summed E-state index contributed by atoms with van der Waals surface area (Å²) in [6.07, 6.45) is 3.48. The summed E-state index contributed by atoms with van der Waals surface area (Å²) in [5.74, 6) is 0.765. The van der Waals surface area contributed by atoms with Crippen LogP contribution < -0.4 is 5.32 Å². The number of hydrogen-bond donors (Lipinski definition) is 2. The summed E-state index contributed by atoms with van der Waals surface area (Å²) < 4.78 is 0. The predicted octanol–water partition coefficient (Wildman–Crippen LogP) is 1.08. The Morgan fingerprint density at radius 2 is 2.27 bits per heavy atom. The van der Waals surface area contributed by atoms with Gasteiger partial charge in [-0.05, 0) is 38.3 Å². The van der Waals surface area contributed by atoms with Crippen LogP contribution in [0.2, 0.25) is 0 Å². The molecule has 0 spiro atoms. The average Bonchev–Trinajstić information content (AvgIpc) is 2.18. The van der Waals surface area contributed by atoms with Gasteiger partial charge in [0.2, 0.25) is 0 Å². The quantitative estimate of drug-likeness (QED) is 0.650. The van der Waals surface area contributed by atoms with Gasteiger partial charge in [-0.15, -0.1) is 0 Å². The lowest BCUT2D eigenvalue weighted by molar-refractivity contribution is 0.171. The lowest BCUT2D eigenvalue weighted by Gasteiger charge is -2.34. The minimum absolute atomic E-state index is 0.301. The van der Waals surface area contributed by atoms with Crippen LogP contribution in [-0.2, 0) is 0 Å². The van der Waals surface area contributed by atoms with E-state index in [9.17, 15) is 0 Å². The van der Waals surface area contributed by atoms with Crippen molar-refractivity contribution in [1.82, 2.24) is 10.2 Å². The first-order valence-corrected chi connectivity index (χ1v) is 6.29. The summed E-state index contributed by atoms with van der Waals surface area (Å²) in [5, 5.41) is 12.2. The van der Waals surface area contributed by atoms with Crippen LogP contribution in [0.15, 0.2) is 0 Å². The Morgan fingerprint density at radius 1 is 1.47 bits per heavy atom. The molecular weight excluding hydrogens is 188 g/mol. The number of rotatable bonds is 6. The summed E-state index contributed by atoms with van der Waals surface area (Å²) in [6, 6.07) is 0.643. The van der Waals surface area contributed by atoms with Crippen LogP contribution in [0.4, 0.5) is 0 Å². The second-order valence-corrected chi connectivity index (χ2v) is 5.02. The zero-order chi connectivity index (χ0) is 11.1. The Balaban J connectivity index is 2.17. The van der Waals surface area contributed by atoms with Crippen molar-refractivity contribution in [3.05, 3.63) is 0 Å². The fraction of sp³-hybridized carbons (Fsp3) is 1.00. The number of likely N-dealkylation sites (tertiary alicyclic amines) is 1. The maximum Gasteiger partial charge on any atom is 0.0443 e. The van der Waals surface area contributed by atoms with Crippen molar-refractivity contribution in [2.45, 2.75) is 39.2 Å². The molecule has 3 heteroatoms. The molecule has 0 aliphatic carbocycles. The van der Waals surface area contributed by atoms with Gasteiger partial charge in [0.15, 0.2) is 0 Å². The number of aliphatic hydroxyl groups excluding tert-OH is 1. The van der Waals surface area contributed by atoms with Crippen LogP contribution in [0, 0.1) is 5.92 Å². The van der Waals surface area contributed by atoms with E-state index in [2.05, 4.69) is 24.1 Å². The smallest absolute Gasteiger partial charge is 0.0443 e. The molecule has 1 aliphatic rings. The van der Waals surface area contributed by atoms with Crippen molar-refractivity contribution in [3.63, 3.8) is 0 Å². The van der Waals surface area contributed by atoms with Gasteiger partial charge in [0.05, 0.1) is 0 Å². The van der Waals surface area contributed by atoms with E-state index in [-0.39, 0.29) is 0 Å².